The summed E-state index contributed by atoms with van der Waals surface area (Å²) in [7, 11) is 0. The average Bonchev–Trinajstić information content (AvgIpc) is 2.49. The highest BCUT2D eigenvalue weighted by Crippen LogP contribution is 2.17. The number of urea groups is 1. The van der Waals surface area contributed by atoms with Crippen molar-refractivity contribution >= 4 is 11.7 Å². The fraction of sp³-hybridized carbons (Fsp3) is 0.188. The number of carbonyl (C=O) groups is 1. The van der Waals surface area contributed by atoms with Crippen LogP contribution in [0.5, 0.6) is 5.75 Å². The fourth-order valence-corrected chi connectivity index (χ4v) is 1.91. The molecular weight excluding hydrogens is 309 g/mol. The number of halogens is 3. The highest BCUT2D eigenvalue weighted by Gasteiger charge is 2.05. The third kappa shape index (κ3) is 5.90. The van der Waals surface area contributed by atoms with E-state index in [9.17, 15) is 18.0 Å². The molecule has 7 heteroatoms. The molecule has 2 aromatic rings. The minimum atomic E-state index is -2.89. The number of nitrogens with one attached hydrogen (secondary N) is 2. The van der Waals surface area contributed by atoms with Crippen molar-refractivity contribution in [3.8, 4) is 5.75 Å². The summed E-state index contributed by atoms with van der Waals surface area (Å²) >= 11 is 0. The van der Waals surface area contributed by atoms with E-state index in [0.29, 0.717) is 18.7 Å². The van der Waals surface area contributed by atoms with Crippen LogP contribution in [-0.4, -0.2) is 19.2 Å². The summed E-state index contributed by atoms with van der Waals surface area (Å²) in [6.45, 7) is -2.55. The maximum absolute atomic E-state index is 13.0. The molecule has 0 aliphatic rings. The number of amides is 2. The molecule has 2 aromatic carbocycles. The Morgan fingerprint density at radius 1 is 1.13 bits per heavy atom. The molecule has 0 unspecified atom stereocenters. The maximum Gasteiger partial charge on any atom is 0.387 e. The minimum Gasteiger partial charge on any atom is -0.435 e. The van der Waals surface area contributed by atoms with Crippen molar-refractivity contribution in [3.63, 3.8) is 0 Å². The highest BCUT2D eigenvalue weighted by molar-refractivity contribution is 5.89. The Morgan fingerprint density at radius 2 is 1.87 bits per heavy atom. The Morgan fingerprint density at radius 3 is 2.52 bits per heavy atom. The zero-order valence-corrected chi connectivity index (χ0v) is 12.1. The second-order valence-corrected chi connectivity index (χ2v) is 4.66. The molecule has 0 aliphatic carbocycles. The molecule has 0 aliphatic heterocycles. The van der Waals surface area contributed by atoms with Crippen LogP contribution in [0, 0.1) is 5.82 Å². The molecule has 2 rings (SSSR count). The van der Waals surface area contributed by atoms with Gasteiger partial charge in [0.25, 0.3) is 0 Å². The second kappa shape index (κ2) is 8.07. The highest BCUT2D eigenvalue weighted by atomic mass is 19.3. The minimum absolute atomic E-state index is 0.0112. The zero-order valence-electron chi connectivity index (χ0n) is 12.1. The van der Waals surface area contributed by atoms with Crippen LogP contribution in [0.15, 0.2) is 48.5 Å². The molecule has 4 nitrogen and oxygen atoms in total. The molecule has 122 valence electrons. The average molecular weight is 324 g/mol. The third-order valence-electron chi connectivity index (χ3n) is 2.93. The van der Waals surface area contributed by atoms with Crippen molar-refractivity contribution in [2.45, 2.75) is 13.0 Å². The molecular formula is C16H15F3N2O2. The quantitative estimate of drug-likeness (QED) is 0.849. The molecule has 0 saturated carbocycles. The van der Waals surface area contributed by atoms with Gasteiger partial charge in [0, 0.05) is 12.2 Å². The van der Waals surface area contributed by atoms with E-state index >= 15 is 0 Å². The molecule has 0 atom stereocenters. The van der Waals surface area contributed by atoms with E-state index in [1.54, 1.807) is 12.1 Å². The van der Waals surface area contributed by atoms with Crippen molar-refractivity contribution < 1.29 is 22.7 Å². The summed E-state index contributed by atoms with van der Waals surface area (Å²) in [6.07, 6.45) is 0.492. The number of ether oxygens (including phenoxy) is 1. The smallest absolute Gasteiger partial charge is 0.387 e. The number of rotatable bonds is 6. The standard InChI is InChI=1S/C16H15F3N2O2/c17-12-3-1-2-11(10-12)8-9-20-16(22)21-13-4-6-14(7-5-13)23-15(18)19/h1-7,10,15H,8-9H2,(H2,20,21,22). The van der Waals surface area contributed by atoms with E-state index in [4.69, 9.17) is 0 Å². The number of anilines is 1. The summed E-state index contributed by atoms with van der Waals surface area (Å²) in [4.78, 5) is 11.7. The first-order chi connectivity index (χ1) is 11.0. The van der Waals surface area contributed by atoms with Crippen LogP contribution in [0.1, 0.15) is 5.56 Å². The summed E-state index contributed by atoms with van der Waals surface area (Å²) in [6, 6.07) is 11.2. The first kappa shape index (κ1) is 16.7. The van der Waals surface area contributed by atoms with Gasteiger partial charge in [0.15, 0.2) is 0 Å². The van der Waals surface area contributed by atoms with Gasteiger partial charge in [0.2, 0.25) is 0 Å². The van der Waals surface area contributed by atoms with Crippen LogP contribution in [0.2, 0.25) is 0 Å². The van der Waals surface area contributed by atoms with Crippen LogP contribution in [-0.2, 0) is 6.42 Å². The Balaban J connectivity index is 1.76. The molecule has 0 heterocycles. The van der Waals surface area contributed by atoms with Gasteiger partial charge in [-0.05, 0) is 48.4 Å². The topological polar surface area (TPSA) is 50.4 Å². The van der Waals surface area contributed by atoms with Gasteiger partial charge in [-0.15, -0.1) is 0 Å². The molecule has 0 aromatic heterocycles. The lowest BCUT2D eigenvalue weighted by Gasteiger charge is -2.09. The SMILES string of the molecule is O=C(NCCc1cccc(F)c1)Nc1ccc(OC(F)F)cc1. The Labute approximate surface area is 131 Å². The lowest BCUT2D eigenvalue weighted by atomic mass is 10.1. The number of carbonyl (C=O) groups excluding carboxylic acids is 1. The molecule has 0 saturated heterocycles. The first-order valence-corrected chi connectivity index (χ1v) is 6.87. The number of alkyl halides is 2. The Hall–Kier alpha value is -2.70. The number of hydrogen-bond acceptors (Lipinski definition) is 2. The lowest BCUT2D eigenvalue weighted by molar-refractivity contribution is -0.0498. The molecule has 0 spiro atoms. The van der Waals surface area contributed by atoms with Gasteiger partial charge in [-0.3, -0.25) is 0 Å². The molecule has 2 N–H and O–H groups in total. The summed E-state index contributed by atoms with van der Waals surface area (Å²) in [5, 5.41) is 5.18. The van der Waals surface area contributed by atoms with Gasteiger partial charge in [-0.2, -0.15) is 8.78 Å². The summed E-state index contributed by atoms with van der Waals surface area (Å²) in [5.74, 6) is -0.310. The van der Waals surface area contributed by atoms with Crippen molar-refractivity contribution in [2.24, 2.45) is 0 Å². The van der Waals surface area contributed by atoms with Crippen LogP contribution >= 0.6 is 0 Å². The lowest BCUT2D eigenvalue weighted by Crippen LogP contribution is -2.30. The monoisotopic (exact) mass is 324 g/mol. The largest absolute Gasteiger partial charge is 0.435 e. The van der Waals surface area contributed by atoms with E-state index in [2.05, 4.69) is 15.4 Å². The molecule has 0 fully saturated rings. The van der Waals surface area contributed by atoms with Crippen molar-refractivity contribution in [1.29, 1.82) is 0 Å². The van der Waals surface area contributed by atoms with E-state index in [0.717, 1.165) is 5.56 Å². The number of benzene rings is 2. The molecule has 0 bridgehead atoms. The molecule has 23 heavy (non-hydrogen) atoms. The van der Waals surface area contributed by atoms with E-state index < -0.39 is 12.6 Å². The summed E-state index contributed by atoms with van der Waals surface area (Å²) < 4.78 is 41.2. The second-order valence-electron chi connectivity index (χ2n) is 4.66. The van der Waals surface area contributed by atoms with Gasteiger partial charge >= 0.3 is 12.6 Å². The Kier molecular flexibility index (Phi) is 5.85. The van der Waals surface area contributed by atoms with Crippen molar-refractivity contribution in [1.82, 2.24) is 5.32 Å². The molecule has 0 radical (unpaired) electrons. The Bertz CT molecular complexity index is 648. The van der Waals surface area contributed by atoms with Gasteiger partial charge in [0.1, 0.15) is 11.6 Å². The van der Waals surface area contributed by atoms with Crippen molar-refractivity contribution in [3.05, 3.63) is 59.9 Å². The van der Waals surface area contributed by atoms with Gasteiger partial charge in [0.05, 0.1) is 0 Å². The maximum atomic E-state index is 13.0. The van der Waals surface area contributed by atoms with E-state index in [-0.39, 0.29) is 11.6 Å². The van der Waals surface area contributed by atoms with Crippen LogP contribution in [0.4, 0.5) is 23.7 Å². The van der Waals surface area contributed by atoms with Gasteiger partial charge < -0.3 is 15.4 Å². The van der Waals surface area contributed by atoms with Gasteiger partial charge in [-0.25, -0.2) is 9.18 Å². The zero-order chi connectivity index (χ0) is 16.7. The number of hydrogen-bond donors (Lipinski definition) is 2. The van der Waals surface area contributed by atoms with E-state index in [1.165, 1.54) is 36.4 Å². The van der Waals surface area contributed by atoms with Crippen LogP contribution < -0.4 is 15.4 Å². The van der Waals surface area contributed by atoms with Crippen molar-refractivity contribution in [2.75, 3.05) is 11.9 Å². The third-order valence-corrected chi connectivity index (χ3v) is 2.93. The van der Waals surface area contributed by atoms with Crippen LogP contribution in [0.25, 0.3) is 0 Å². The normalized spacial score (nSPS) is 10.4. The van der Waals surface area contributed by atoms with Gasteiger partial charge in [-0.1, -0.05) is 12.1 Å². The predicted octanol–water partition coefficient (Wildman–Crippen LogP) is 3.79. The van der Waals surface area contributed by atoms with Crippen LogP contribution in [0.3, 0.4) is 0 Å². The first-order valence-electron chi connectivity index (χ1n) is 6.87. The fourth-order valence-electron chi connectivity index (χ4n) is 1.91. The summed E-state index contributed by atoms with van der Waals surface area (Å²) in [5.41, 5.74) is 1.22. The van der Waals surface area contributed by atoms with E-state index in [1.807, 2.05) is 0 Å². The molecule has 2 amide bonds. The predicted molar refractivity (Wildman–Crippen MR) is 80.2 cm³/mol.